The van der Waals surface area contributed by atoms with Crippen LogP contribution in [0.25, 0.3) is 0 Å². The molecule has 2 rings (SSSR count). The van der Waals surface area contributed by atoms with Gasteiger partial charge < -0.3 is 11.1 Å². The Labute approximate surface area is 90.9 Å². The summed E-state index contributed by atoms with van der Waals surface area (Å²) in [5.41, 5.74) is 4.47. The molecule has 1 aromatic heterocycles. The number of carbonyl (C=O) groups is 1. The van der Waals surface area contributed by atoms with Gasteiger partial charge in [0.25, 0.3) is 0 Å². The maximum absolute atomic E-state index is 9.22. The maximum Gasteiger partial charge on any atom is 0.214 e. The molecule has 0 unspecified atom stereocenters. The van der Waals surface area contributed by atoms with Crippen LogP contribution in [0.1, 0.15) is 19.8 Å². The maximum atomic E-state index is 9.22. The van der Waals surface area contributed by atoms with E-state index < -0.39 is 0 Å². The summed E-state index contributed by atoms with van der Waals surface area (Å²) in [7, 11) is 0. The van der Waals surface area contributed by atoms with Crippen LogP contribution in [0.5, 0.6) is 0 Å². The molecule has 3 N–H and O–H groups in total. The van der Waals surface area contributed by atoms with Gasteiger partial charge in [-0.15, -0.1) is 0 Å². The molecule has 4 nitrogen and oxygen atoms in total. The monoisotopic (exact) mass is 209 g/mol. The molecule has 1 saturated heterocycles. The second kappa shape index (κ2) is 10.7. The number of aromatic nitrogens is 1. The van der Waals surface area contributed by atoms with Gasteiger partial charge in [-0.1, -0.05) is 6.07 Å². The fraction of sp³-hybridized carbons (Fsp3) is 0.455. The smallest absolute Gasteiger partial charge is 0.214 e. The van der Waals surface area contributed by atoms with E-state index in [1.165, 1.54) is 32.9 Å². The van der Waals surface area contributed by atoms with E-state index in [1.54, 1.807) is 12.4 Å². The summed E-state index contributed by atoms with van der Waals surface area (Å²) in [5.74, 6) is -0.333. The number of nitrogens with two attached hydrogens (primary N) is 1. The third-order valence-corrected chi connectivity index (χ3v) is 1.52. The van der Waals surface area contributed by atoms with Crippen LogP contribution in [0.4, 0.5) is 0 Å². The van der Waals surface area contributed by atoms with Crippen LogP contribution in [-0.2, 0) is 4.79 Å². The van der Waals surface area contributed by atoms with E-state index >= 15 is 0 Å². The molecule has 1 fully saturated rings. The molecule has 1 aliphatic heterocycles. The first kappa shape index (κ1) is 13.6. The van der Waals surface area contributed by atoms with E-state index in [-0.39, 0.29) is 5.91 Å². The summed E-state index contributed by atoms with van der Waals surface area (Å²) in [6.45, 7) is 3.81. The molecule has 0 saturated carbocycles. The van der Waals surface area contributed by atoms with Crippen molar-refractivity contribution in [2.45, 2.75) is 19.8 Å². The number of nitrogens with zero attached hydrogens (tertiary/aromatic N) is 1. The predicted octanol–water partition coefficient (Wildman–Crippen LogP) is 0.943. The highest BCUT2D eigenvalue weighted by Crippen LogP contribution is 1.90. The molecule has 15 heavy (non-hydrogen) atoms. The zero-order valence-corrected chi connectivity index (χ0v) is 9.15. The summed E-state index contributed by atoms with van der Waals surface area (Å²) in [6.07, 6.45) is 6.28. The second-order valence-corrected chi connectivity index (χ2v) is 3.09. The summed E-state index contributed by atoms with van der Waals surface area (Å²) in [6, 6.07) is 5.72. The first-order valence-electron chi connectivity index (χ1n) is 5.05. The van der Waals surface area contributed by atoms with E-state index in [1.807, 2.05) is 18.2 Å². The molecule has 1 aromatic rings. The molecule has 1 aliphatic rings. The normalized spacial score (nSPS) is 12.9. The number of hydrogen-bond acceptors (Lipinski definition) is 3. The van der Waals surface area contributed by atoms with Gasteiger partial charge in [-0.2, -0.15) is 0 Å². The molecule has 84 valence electrons. The summed E-state index contributed by atoms with van der Waals surface area (Å²) in [4.78, 5) is 13.0. The van der Waals surface area contributed by atoms with Crippen molar-refractivity contribution >= 4 is 5.91 Å². The Morgan fingerprint density at radius 1 is 1.20 bits per heavy atom. The minimum absolute atomic E-state index is 0.333. The van der Waals surface area contributed by atoms with Crippen LogP contribution in [0.3, 0.4) is 0 Å². The van der Waals surface area contributed by atoms with Crippen molar-refractivity contribution in [1.82, 2.24) is 10.3 Å². The van der Waals surface area contributed by atoms with Crippen molar-refractivity contribution in [2.75, 3.05) is 13.1 Å². The predicted molar refractivity (Wildman–Crippen MR) is 61.2 cm³/mol. The summed E-state index contributed by atoms with van der Waals surface area (Å²) >= 11 is 0. The zero-order valence-electron chi connectivity index (χ0n) is 9.15. The van der Waals surface area contributed by atoms with Crippen LogP contribution in [0.15, 0.2) is 30.6 Å². The van der Waals surface area contributed by atoms with Crippen LogP contribution in [-0.4, -0.2) is 24.0 Å². The highest BCUT2D eigenvalue weighted by atomic mass is 16.1. The van der Waals surface area contributed by atoms with Crippen LogP contribution < -0.4 is 11.1 Å². The topological polar surface area (TPSA) is 68.0 Å². The number of primary amides is 1. The fourth-order valence-corrected chi connectivity index (χ4v) is 0.938. The number of rotatable bonds is 0. The molecule has 4 heteroatoms. The van der Waals surface area contributed by atoms with Crippen molar-refractivity contribution in [3.8, 4) is 0 Å². The molecule has 0 atom stereocenters. The van der Waals surface area contributed by atoms with E-state index in [2.05, 4.69) is 16.0 Å². The van der Waals surface area contributed by atoms with Crippen LogP contribution >= 0.6 is 0 Å². The lowest BCUT2D eigenvalue weighted by Crippen LogP contribution is -2.03. The quantitative estimate of drug-likeness (QED) is 0.668. The molecule has 1 amide bonds. The van der Waals surface area contributed by atoms with Gasteiger partial charge in [-0.3, -0.25) is 9.78 Å². The van der Waals surface area contributed by atoms with Crippen molar-refractivity contribution in [2.24, 2.45) is 5.73 Å². The fourth-order valence-electron chi connectivity index (χ4n) is 0.938. The van der Waals surface area contributed by atoms with Crippen molar-refractivity contribution in [3.05, 3.63) is 30.6 Å². The van der Waals surface area contributed by atoms with Crippen molar-refractivity contribution in [1.29, 1.82) is 0 Å². The lowest BCUT2D eigenvalue weighted by atomic mass is 10.4. The number of pyridine rings is 1. The van der Waals surface area contributed by atoms with Crippen molar-refractivity contribution < 1.29 is 4.79 Å². The molecule has 0 spiro atoms. The Kier molecular flexibility index (Phi) is 9.65. The van der Waals surface area contributed by atoms with Gasteiger partial charge in [0.1, 0.15) is 0 Å². The van der Waals surface area contributed by atoms with Crippen LogP contribution in [0, 0.1) is 0 Å². The Morgan fingerprint density at radius 2 is 1.67 bits per heavy atom. The van der Waals surface area contributed by atoms with Gasteiger partial charge in [0.05, 0.1) is 0 Å². The minimum Gasteiger partial charge on any atom is -0.370 e. The Bertz CT molecular complexity index is 197. The highest BCUT2D eigenvalue weighted by molar-refractivity contribution is 5.70. The van der Waals surface area contributed by atoms with E-state index in [0.29, 0.717) is 0 Å². The zero-order chi connectivity index (χ0) is 11.4. The van der Waals surface area contributed by atoms with Gasteiger partial charge in [0.15, 0.2) is 0 Å². The molecule has 0 aliphatic carbocycles. The minimum atomic E-state index is -0.333. The first-order chi connectivity index (χ1) is 7.23. The lowest BCUT2D eigenvalue weighted by molar-refractivity contribution is -0.115. The molecule has 0 bridgehead atoms. The van der Waals surface area contributed by atoms with Crippen molar-refractivity contribution in [3.63, 3.8) is 0 Å². The average Bonchev–Trinajstić information content (AvgIpc) is 2.77. The lowest BCUT2D eigenvalue weighted by Gasteiger charge is -1.76. The highest BCUT2D eigenvalue weighted by Gasteiger charge is 1.93. The van der Waals surface area contributed by atoms with Gasteiger partial charge in [0.2, 0.25) is 5.91 Å². The SMILES string of the molecule is C1CCNC1.CC(N)=O.c1ccncc1. The number of amides is 1. The number of carbonyl (C=O) groups excluding carboxylic acids is 1. The molecule has 0 aromatic carbocycles. The number of hydrogen-bond donors (Lipinski definition) is 2. The van der Waals surface area contributed by atoms with Gasteiger partial charge in [0, 0.05) is 19.3 Å². The standard InChI is InChI=1S/C5H5N.C4H9N.C2H5NO/c1-2-4-6-5-3-1;1-2-4-5-3-1;1-2(3)4/h1-5H;5H,1-4H2;1H3,(H2,3,4). The first-order valence-corrected chi connectivity index (χ1v) is 5.05. The molecular weight excluding hydrogens is 190 g/mol. The Morgan fingerprint density at radius 3 is 1.80 bits per heavy atom. The summed E-state index contributed by atoms with van der Waals surface area (Å²) < 4.78 is 0. The van der Waals surface area contributed by atoms with Gasteiger partial charge >= 0.3 is 0 Å². The Hall–Kier alpha value is -1.42. The van der Waals surface area contributed by atoms with E-state index in [0.717, 1.165) is 0 Å². The van der Waals surface area contributed by atoms with E-state index in [9.17, 15) is 4.79 Å². The van der Waals surface area contributed by atoms with Gasteiger partial charge in [-0.25, -0.2) is 0 Å². The van der Waals surface area contributed by atoms with E-state index in [4.69, 9.17) is 0 Å². The third-order valence-electron chi connectivity index (χ3n) is 1.52. The summed E-state index contributed by atoms with van der Waals surface area (Å²) in [5, 5.41) is 3.22. The molecule has 0 radical (unpaired) electrons. The molecule has 2 heterocycles. The largest absolute Gasteiger partial charge is 0.370 e. The average molecular weight is 209 g/mol. The second-order valence-electron chi connectivity index (χ2n) is 3.09. The van der Waals surface area contributed by atoms with Gasteiger partial charge in [-0.05, 0) is 38.1 Å². The third kappa shape index (κ3) is 15.3. The molecular formula is C11H19N3O. The van der Waals surface area contributed by atoms with Crippen LogP contribution in [0.2, 0.25) is 0 Å². The Balaban J connectivity index is 0.000000202. The number of nitrogens with one attached hydrogen (secondary N) is 1.